The molecule has 7 nitrogen and oxygen atoms in total. The molecule has 0 saturated heterocycles. The standard InChI is InChI=1S/C20H18N2O5/c1-12(17(21)23)27-20(26)14-7-8-15-16(11-14)19(25)22(18(15)24)10-9-13-5-3-2-4-6-13/h2-8,11-12H,9-10H2,1H3,(H2,21,23)/t12-/m0/s1. The number of hydrogen-bond acceptors (Lipinski definition) is 5. The van der Waals surface area contributed by atoms with Gasteiger partial charge in [0.15, 0.2) is 6.10 Å². The highest BCUT2D eigenvalue weighted by molar-refractivity contribution is 6.22. The van der Waals surface area contributed by atoms with Gasteiger partial charge in [0, 0.05) is 6.54 Å². The number of imide groups is 1. The first-order chi connectivity index (χ1) is 12.9. The summed E-state index contributed by atoms with van der Waals surface area (Å²) < 4.78 is 4.93. The molecule has 1 heterocycles. The quantitative estimate of drug-likeness (QED) is 0.617. The van der Waals surface area contributed by atoms with Gasteiger partial charge in [-0.05, 0) is 37.1 Å². The van der Waals surface area contributed by atoms with E-state index in [9.17, 15) is 19.2 Å². The van der Waals surface area contributed by atoms with Gasteiger partial charge in [-0.2, -0.15) is 0 Å². The summed E-state index contributed by atoms with van der Waals surface area (Å²) in [5.41, 5.74) is 6.55. The molecule has 0 bridgehead atoms. The van der Waals surface area contributed by atoms with E-state index in [4.69, 9.17) is 10.5 Å². The summed E-state index contributed by atoms with van der Waals surface area (Å²) in [6.45, 7) is 1.60. The van der Waals surface area contributed by atoms with Gasteiger partial charge in [-0.3, -0.25) is 19.3 Å². The van der Waals surface area contributed by atoms with Crippen molar-refractivity contribution in [1.29, 1.82) is 0 Å². The molecule has 3 amide bonds. The number of carbonyl (C=O) groups excluding carboxylic acids is 4. The van der Waals surface area contributed by atoms with Gasteiger partial charge in [0.1, 0.15) is 0 Å². The van der Waals surface area contributed by atoms with Crippen LogP contribution in [0.2, 0.25) is 0 Å². The van der Waals surface area contributed by atoms with E-state index >= 15 is 0 Å². The zero-order chi connectivity index (χ0) is 19.6. The molecule has 2 N–H and O–H groups in total. The Hall–Kier alpha value is -3.48. The van der Waals surface area contributed by atoms with Crippen molar-refractivity contribution in [2.75, 3.05) is 6.54 Å². The molecule has 27 heavy (non-hydrogen) atoms. The fourth-order valence-electron chi connectivity index (χ4n) is 2.79. The topological polar surface area (TPSA) is 107 Å². The minimum absolute atomic E-state index is 0.0768. The highest BCUT2D eigenvalue weighted by Crippen LogP contribution is 2.25. The first-order valence-corrected chi connectivity index (χ1v) is 8.43. The minimum Gasteiger partial charge on any atom is -0.449 e. The van der Waals surface area contributed by atoms with Crippen LogP contribution < -0.4 is 5.73 Å². The van der Waals surface area contributed by atoms with Crippen molar-refractivity contribution in [2.24, 2.45) is 5.73 Å². The second-order valence-corrected chi connectivity index (χ2v) is 6.21. The molecule has 3 rings (SSSR count). The van der Waals surface area contributed by atoms with Gasteiger partial charge in [-0.1, -0.05) is 30.3 Å². The van der Waals surface area contributed by atoms with Crippen LogP contribution in [0.1, 0.15) is 43.6 Å². The normalized spacial score (nSPS) is 14.0. The molecule has 1 atom stereocenters. The Morgan fingerprint density at radius 3 is 2.37 bits per heavy atom. The van der Waals surface area contributed by atoms with E-state index in [-0.39, 0.29) is 23.2 Å². The van der Waals surface area contributed by atoms with Crippen molar-refractivity contribution in [3.8, 4) is 0 Å². The van der Waals surface area contributed by atoms with E-state index < -0.39 is 29.8 Å². The number of amides is 3. The molecular weight excluding hydrogens is 348 g/mol. The number of fused-ring (bicyclic) bond motifs is 1. The van der Waals surface area contributed by atoms with Gasteiger partial charge in [0.2, 0.25) is 0 Å². The summed E-state index contributed by atoms with van der Waals surface area (Å²) in [5, 5.41) is 0. The minimum atomic E-state index is -1.09. The molecule has 0 aromatic heterocycles. The van der Waals surface area contributed by atoms with Gasteiger partial charge >= 0.3 is 5.97 Å². The Kier molecular flexibility index (Phi) is 5.03. The summed E-state index contributed by atoms with van der Waals surface area (Å²) in [7, 11) is 0. The van der Waals surface area contributed by atoms with Crippen molar-refractivity contribution in [1.82, 2.24) is 4.90 Å². The van der Waals surface area contributed by atoms with E-state index in [2.05, 4.69) is 0 Å². The SMILES string of the molecule is C[C@H](OC(=O)c1ccc2c(c1)C(=O)N(CCc1ccccc1)C2=O)C(N)=O. The third kappa shape index (κ3) is 3.72. The first-order valence-electron chi connectivity index (χ1n) is 8.43. The third-order valence-corrected chi connectivity index (χ3v) is 4.36. The maximum Gasteiger partial charge on any atom is 0.338 e. The van der Waals surface area contributed by atoms with Crippen LogP contribution in [0, 0.1) is 0 Å². The molecule has 0 saturated carbocycles. The fraction of sp³-hybridized carbons (Fsp3) is 0.200. The monoisotopic (exact) mass is 366 g/mol. The molecule has 2 aromatic carbocycles. The van der Waals surface area contributed by atoms with E-state index in [1.807, 2.05) is 30.3 Å². The largest absolute Gasteiger partial charge is 0.449 e. The highest BCUT2D eigenvalue weighted by Gasteiger charge is 2.35. The molecule has 2 aromatic rings. The number of nitrogens with two attached hydrogens (primary N) is 1. The Labute approximate surface area is 155 Å². The Bertz CT molecular complexity index is 923. The molecule has 0 fully saturated rings. The number of benzene rings is 2. The lowest BCUT2D eigenvalue weighted by Gasteiger charge is -2.13. The van der Waals surface area contributed by atoms with Crippen LogP contribution in [0.5, 0.6) is 0 Å². The molecule has 0 unspecified atom stereocenters. The predicted molar refractivity (Wildman–Crippen MR) is 96.0 cm³/mol. The zero-order valence-corrected chi connectivity index (χ0v) is 14.7. The van der Waals surface area contributed by atoms with E-state index in [0.717, 1.165) is 5.56 Å². The van der Waals surface area contributed by atoms with Crippen molar-refractivity contribution in [3.63, 3.8) is 0 Å². The maximum absolute atomic E-state index is 12.6. The number of hydrogen-bond donors (Lipinski definition) is 1. The van der Waals surface area contributed by atoms with Crippen molar-refractivity contribution in [3.05, 3.63) is 70.8 Å². The van der Waals surface area contributed by atoms with Gasteiger partial charge in [-0.15, -0.1) is 0 Å². The average Bonchev–Trinajstić information content (AvgIpc) is 2.90. The molecule has 7 heteroatoms. The van der Waals surface area contributed by atoms with Crippen LogP contribution in [0.3, 0.4) is 0 Å². The Morgan fingerprint density at radius 2 is 1.70 bits per heavy atom. The zero-order valence-electron chi connectivity index (χ0n) is 14.7. The highest BCUT2D eigenvalue weighted by atomic mass is 16.5. The van der Waals surface area contributed by atoms with Gasteiger partial charge in [0.05, 0.1) is 16.7 Å². The number of primary amides is 1. The van der Waals surface area contributed by atoms with Crippen LogP contribution in [0.4, 0.5) is 0 Å². The number of ether oxygens (including phenoxy) is 1. The lowest BCUT2D eigenvalue weighted by Crippen LogP contribution is -2.31. The number of rotatable bonds is 6. The lowest BCUT2D eigenvalue weighted by atomic mass is 10.1. The summed E-state index contributed by atoms with van der Waals surface area (Å²) in [5.74, 6) is -2.41. The average molecular weight is 366 g/mol. The second kappa shape index (κ2) is 7.41. The van der Waals surface area contributed by atoms with Crippen molar-refractivity contribution < 1.29 is 23.9 Å². The predicted octanol–water partition coefficient (Wildman–Crippen LogP) is 1.56. The smallest absolute Gasteiger partial charge is 0.338 e. The van der Waals surface area contributed by atoms with Crippen LogP contribution >= 0.6 is 0 Å². The van der Waals surface area contributed by atoms with E-state index in [1.165, 1.54) is 30.0 Å². The molecule has 138 valence electrons. The van der Waals surface area contributed by atoms with Crippen LogP contribution in [-0.2, 0) is 16.0 Å². The lowest BCUT2D eigenvalue weighted by molar-refractivity contribution is -0.125. The van der Waals surface area contributed by atoms with E-state index in [0.29, 0.717) is 6.42 Å². The maximum atomic E-state index is 12.6. The molecule has 0 spiro atoms. The number of carbonyl (C=O) groups is 4. The summed E-state index contributed by atoms with van der Waals surface area (Å²) in [4.78, 5) is 49.4. The van der Waals surface area contributed by atoms with Crippen molar-refractivity contribution >= 4 is 23.7 Å². The molecule has 1 aliphatic rings. The molecule has 0 radical (unpaired) electrons. The van der Waals surface area contributed by atoms with Crippen molar-refractivity contribution in [2.45, 2.75) is 19.4 Å². The summed E-state index contributed by atoms with van der Waals surface area (Å²) in [6, 6.07) is 13.6. The van der Waals surface area contributed by atoms with Gasteiger partial charge < -0.3 is 10.5 Å². The van der Waals surface area contributed by atoms with Crippen LogP contribution in [0.15, 0.2) is 48.5 Å². The second-order valence-electron chi connectivity index (χ2n) is 6.21. The molecule has 0 aliphatic carbocycles. The fourth-order valence-corrected chi connectivity index (χ4v) is 2.79. The Morgan fingerprint density at radius 1 is 1.04 bits per heavy atom. The Balaban J connectivity index is 1.76. The summed E-state index contributed by atoms with van der Waals surface area (Å²) >= 11 is 0. The number of nitrogens with zero attached hydrogens (tertiary/aromatic N) is 1. The molecule has 1 aliphatic heterocycles. The van der Waals surface area contributed by atoms with Crippen LogP contribution in [-0.4, -0.2) is 41.2 Å². The van der Waals surface area contributed by atoms with E-state index in [1.54, 1.807) is 0 Å². The van der Waals surface area contributed by atoms with Gasteiger partial charge in [-0.25, -0.2) is 4.79 Å². The molecular formula is C20H18N2O5. The van der Waals surface area contributed by atoms with Gasteiger partial charge in [0.25, 0.3) is 17.7 Å². The summed E-state index contributed by atoms with van der Waals surface area (Å²) in [6.07, 6.45) is -0.553. The first kappa shape index (κ1) is 18.3. The number of esters is 1. The third-order valence-electron chi connectivity index (χ3n) is 4.36. The van der Waals surface area contributed by atoms with Crippen LogP contribution in [0.25, 0.3) is 0 Å².